The third-order valence-electron chi connectivity index (χ3n) is 6.43. The Morgan fingerprint density at radius 2 is 1.77 bits per heavy atom. The molecule has 3 aliphatic rings. The zero-order valence-corrected chi connectivity index (χ0v) is 18.0. The summed E-state index contributed by atoms with van der Waals surface area (Å²) in [6.45, 7) is 5.52. The van der Waals surface area contributed by atoms with Gasteiger partial charge in [0.15, 0.2) is 0 Å². The van der Waals surface area contributed by atoms with Gasteiger partial charge < -0.3 is 10.0 Å². The summed E-state index contributed by atoms with van der Waals surface area (Å²) in [6, 6.07) is 0. The number of carboxylic acid groups (broad SMARTS) is 1. The summed E-state index contributed by atoms with van der Waals surface area (Å²) in [5, 5.41) is 7.12. The first kappa shape index (κ1) is 25.4. The molecule has 0 radical (unpaired) electrons. The number of allylic oxidation sites excluding steroid dienone is 1. The van der Waals surface area contributed by atoms with Crippen molar-refractivity contribution in [2.75, 3.05) is 39.8 Å². The molecule has 1 unspecified atom stereocenters. The summed E-state index contributed by atoms with van der Waals surface area (Å²) in [5.41, 5.74) is 3.35. The van der Waals surface area contributed by atoms with E-state index in [-0.39, 0.29) is 5.91 Å². The SMILES string of the molecule is CN1CCN(CC2=CCC(C(=O)NN)(C3CCCCC3)C=C2)CC1.O=C(O)C(F)(F)F. The summed E-state index contributed by atoms with van der Waals surface area (Å²) in [4.78, 5) is 26.4. The fourth-order valence-electron chi connectivity index (χ4n) is 4.48. The average Bonchev–Trinajstić information content (AvgIpc) is 2.76. The lowest BCUT2D eigenvalue weighted by molar-refractivity contribution is -0.192. The van der Waals surface area contributed by atoms with Crippen LogP contribution >= 0.6 is 0 Å². The molecule has 1 aliphatic heterocycles. The molecule has 10 heteroatoms. The Labute approximate surface area is 181 Å². The highest BCUT2D eigenvalue weighted by atomic mass is 19.4. The number of rotatable bonds is 4. The highest BCUT2D eigenvalue weighted by Crippen LogP contribution is 2.45. The molecule has 0 aromatic heterocycles. The van der Waals surface area contributed by atoms with Crippen LogP contribution in [0, 0.1) is 11.3 Å². The van der Waals surface area contributed by atoms with Crippen molar-refractivity contribution < 1.29 is 27.9 Å². The molecule has 0 bridgehead atoms. The number of carbonyl (C=O) groups excluding carboxylic acids is 1. The fraction of sp³-hybridized carbons (Fsp3) is 0.714. The van der Waals surface area contributed by atoms with Crippen LogP contribution in [0.25, 0.3) is 0 Å². The standard InChI is InChI=1S/C19H32N4O.C2HF3O2/c1-22-11-13-23(14-12-22)15-16-7-9-19(10-8-16,18(24)21-20)17-5-3-2-4-6-17;3-2(4,5)1(6)7/h7-9,17H,2-6,10-15,20H2,1H3,(H,21,24);(H,6,7). The van der Waals surface area contributed by atoms with Crippen molar-refractivity contribution in [3.05, 3.63) is 23.8 Å². The molecular weight excluding hydrogens is 413 g/mol. The van der Waals surface area contributed by atoms with Gasteiger partial charge in [0.05, 0.1) is 5.41 Å². The number of alkyl halides is 3. The number of hydrogen-bond acceptors (Lipinski definition) is 5. The maximum atomic E-state index is 12.6. The molecule has 4 N–H and O–H groups in total. The van der Waals surface area contributed by atoms with E-state index in [0.29, 0.717) is 5.92 Å². The van der Waals surface area contributed by atoms with Crippen molar-refractivity contribution in [2.24, 2.45) is 17.2 Å². The second-order valence-electron chi connectivity index (χ2n) is 8.55. The number of amides is 1. The number of nitrogens with one attached hydrogen (secondary N) is 1. The second kappa shape index (κ2) is 11.1. The van der Waals surface area contributed by atoms with Crippen LogP contribution in [0.1, 0.15) is 38.5 Å². The monoisotopic (exact) mass is 446 g/mol. The molecule has 176 valence electrons. The van der Waals surface area contributed by atoms with Crippen molar-refractivity contribution in [1.82, 2.24) is 15.2 Å². The lowest BCUT2D eigenvalue weighted by Gasteiger charge is -2.40. The van der Waals surface area contributed by atoms with E-state index in [1.807, 2.05) is 0 Å². The van der Waals surface area contributed by atoms with Gasteiger partial charge in [0.1, 0.15) is 0 Å². The molecule has 2 aliphatic carbocycles. The first-order valence-corrected chi connectivity index (χ1v) is 10.7. The van der Waals surface area contributed by atoms with E-state index in [1.165, 1.54) is 24.8 Å². The first-order valence-electron chi connectivity index (χ1n) is 10.7. The second-order valence-corrected chi connectivity index (χ2v) is 8.55. The van der Waals surface area contributed by atoms with Crippen molar-refractivity contribution in [2.45, 2.75) is 44.7 Å². The van der Waals surface area contributed by atoms with Crippen LogP contribution in [0.4, 0.5) is 13.2 Å². The van der Waals surface area contributed by atoms with E-state index >= 15 is 0 Å². The lowest BCUT2D eigenvalue weighted by atomic mass is 9.64. The van der Waals surface area contributed by atoms with Gasteiger partial charge >= 0.3 is 12.1 Å². The Bertz CT molecular complexity index is 682. The summed E-state index contributed by atoms with van der Waals surface area (Å²) >= 11 is 0. The van der Waals surface area contributed by atoms with Gasteiger partial charge in [-0.25, -0.2) is 10.6 Å². The van der Waals surface area contributed by atoms with Gasteiger partial charge in [0.25, 0.3) is 0 Å². The van der Waals surface area contributed by atoms with Gasteiger partial charge in [-0.2, -0.15) is 13.2 Å². The van der Waals surface area contributed by atoms with Crippen LogP contribution in [-0.2, 0) is 9.59 Å². The molecule has 1 heterocycles. The third kappa shape index (κ3) is 7.05. The molecule has 0 aromatic rings. The summed E-state index contributed by atoms with van der Waals surface area (Å²) < 4.78 is 31.7. The molecule has 1 saturated carbocycles. The van der Waals surface area contributed by atoms with Crippen LogP contribution in [0.3, 0.4) is 0 Å². The van der Waals surface area contributed by atoms with Crippen LogP contribution in [0.2, 0.25) is 0 Å². The Kier molecular flexibility index (Phi) is 9.08. The van der Waals surface area contributed by atoms with Crippen molar-refractivity contribution in [3.63, 3.8) is 0 Å². The van der Waals surface area contributed by atoms with Crippen molar-refractivity contribution in [3.8, 4) is 0 Å². The van der Waals surface area contributed by atoms with Crippen LogP contribution in [0.15, 0.2) is 23.8 Å². The third-order valence-corrected chi connectivity index (χ3v) is 6.43. The fourth-order valence-corrected chi connectivity index (χ4v) is 4.48. The van der Waals surface area contributed by atoms with Crippen molar-refractivity contribution >= 4 is 11.9 Å². The molecule has 0 aromatic carbocycles. The van der Waals surface area contributed by atoms with Crippen LogP contribution in [0.5, 0.6) is 0 Å². The molecule has 31 heavy (non-hydrogen) atoms. The molecule has 2 fully saturated rings. The quantitative estimate of drug-likeness (QED) is 0.348. The van der Waals surface area contributed by atoms with E-state index in [9.17, 15) is 18.0 Å². The predicted molar refractivity (Wildman–Crippen MR) is 111 cm³/mol. The smallest absolute Gasteiger partial charge is 0.475 e. The molecule has 1 atom stereocenters. The summed E-state index contributed by atoms with van der Waals surface area (Å²) in [6.07, 6.45) is 8.38. The normalized spacial score (nSPS) is 25.9. The minimum Gasteiger partial charge on any atom is -0.475 e. The number of likely N-dealkylation sites (N-methyl/N-ethyl adjacent to an activating group) is 1. The van der Waals surface area contributed by atoms with Gasteiger partial charge in [-0.15, -0.1) is 0 Å². The largest absolute Gasteiger partial charge is 0.490 e. The Morgan fingerprint density at radius 1 is 1.19 bits per heavy atom. The number of aliphatic carboxylic acids is 1. The number of halogens is 3. The Balaban J connectivity index is 0.000000423. The minimum absolute atomic E-state index is 0.0134. The molecule has 1 amide bonds. The predicted octanol–water partition coefficient (Wildman–Crippen LogP) is 2.31. The Morgan fingerprint density at radius 3 is 2.23 bits per heavy atom. The topological polar surface area (TPSA) is 98.9 Å². The van der Waals surface area contributed by atoms with E-state index in [4.69, 9.17) is 15.7 Å². The zero-order valence-electron chi connectivity index (χ0n) is 18.0. The number of nitrogens with zero attached hydrogens (tertiary/aromatic N) is 2. The summed E-state index contributed by atoms with van der Waals surface area (Å²) in [5.74, 6) is 3.18. The molecule has 3 rings (SSSR count). The van der Waals surface area contributed by atoms with Crippen LogP contribution < -0.4 is 11.3 Å². The van der Waals surface area contributed by atoms with E-state index in [0.717, 1.165) is 52.0 Å². The Hall–Kier alpha value is -1.91. The zero-order chi connectivity index (χ0) is 23.1. The number of hydrazine groups is 1. The van der Waals surface area contributed by atoms with Crippen LogP contribution in [-0.4, -0.2) is 72.7 Å². The number of nitrogens with two attached hydrogens (primary N) is 1. The van der Waals surface area contributed by atoms with Gasteiger partial charge in [-0.05, 0) is 37.8 Å². The molecular formula is C21H33F3N4O3. The summed E-state index contributed by atoms with van der Waals surface area (Å²) in [7, 11) is 2.18. The molecule has 0 spiro atoms. The van der Waals surface area contributed by atoms with E-state index < -0.39 is 17.6 Å². The highest BCUT2D eigenvalue weighted by molar-refractivity contribution is 5.85. The van der Waals surface area contributed by atoms with Gasteiger partial charge in [0.2, 0.25) is 5.91 Å². The number of carboxylic acids is 1. The number of carbonyl (C=O) groups is 2. The number of hydrogen-bond donors (Lipinski definition) is 3. The minimum atomic E-state index is -5.08. The van der Waals surface area contributed by atoms with E-state index in [1.54, 1.807) is 0 Å². The molecule has 1 saturated heterocycles. The van der Waals surface area contributed by atoms with E-state index in [2.05, 4.69) is 40.5 Å². The number of piperazine rings is 1. The maximum absolute atomic E-state index is 12.6. The highest BCUT2D eigenvalue weighted by Gasteiger charge is 2.43. The molecule has 7 nitrogen and oxygen atoms in total. The van der Waals surface area contributed by atoms with Gasteiger partial charge in [-0.3, -0.25) is 15.1 Å². The van der Waals surface area contributed by atoms with Gasteiger partial charge in [-0.1, -0.05) is 37.5 Å². The van der Waals surface area contributed by atoms with Crippen molar-refractivity contribution in [1.29, 1.82) is 0 Å². The lowest BCUT2D eigenvalue weighted by Crippen LogP contribution is -2.48. The first-order chi connectivity index (χ1) is 14.6. The average molecular weight is 447 g/mol. The van der Waals surface area contributed by atoms with Gasteiger partial charge in [0, 0.05) is 32.7 Å². The maximum Gasteiger partial charge on any atom is 0.490 e.